The predicted octanol–water partition coefficient (Wildman–Crippen LogP) is 1.77. The van der Waals surface area contributed by atoms with Gasteiger partial charge in [-0.15, -0.1) is 0 Å². The quantitative estimate of drug-likeness (QED) is 0.569. The highest BCUT2D eigenvalue weighted by Crippen LogP contribution is 2.10. The van der Waals surface area contributed by atoms with E-state index in [0.717, 1.165) is 0 Å². The molecular formula is C8H5FN2. The second-order valence-electron chi connectivity index (χ2n) is 2.16. The van der Waals surface area contributed by atoms with E-state index in [1.807, 2.05) is 0 Å². The van der Waals surface area contributed by atoms with Gasteiger partial charge in [0.25, 0.3) is 0 Å². The molecule has 2 rings (SSSR count). The summed E-state index contributed by atoms with van der Waals surface area (Å²) in [6, 6.07) is 4.72. The van der Waals surface area contributed by atoms with Crippen molar-refractivity contribution < 1.29 is 4.39 Å². The molecule has 0 saturated heterocycles. The number of aromatic nitrogens is 2. The second kappa shape index (κ2) is 2.27. The molecule has 0 aliphatic carbocycles. The molecule has 0 saturated carbocycles. The van der Waals surface area contributed by atoms with Gasteiger partial charge in [0.2, 0.25) is 0 Å². The van der Waals surface area contributed by atoms with E-state index in [4.69, 9.17) is 0 Å². The molecule has 0 unspecified atom stereocenters. The van der Waals surface area contributed by atoms with Crippen LogP contribution in [0, 0.1) is 5.82 Å². The molecule has 0 amide bonds. The molecule has 0 aliphatic heterocycles. The Morgan fingerprint density at radius 1 is 1.09 bits per heavy atom. The summed E-state index contributed by atoms with van der Waals surface area (Å²) in [6.45, 7) is 0. The van der Waals surface area contributed by atoms with E-state index in [-0.39, 0.29) is 5.82 Å². The van der Waals surface area contributed by atoms with Crippen LogP contribution in [0.1, 0.15) is 0 Å². The first-order valence-corrected chi connectivity index (χ1v) is 3.23. The Morgan fingerprint density at radius 3 is 2.73 bits per heavy atom. The van der Waals surface area contributed by atoms with Crippen molar-refractivity contribution in [3.05, 3.63) is 36.4 Å². The summed E-state index contributed by atoms with van der Waals surface area (Å²) in [6.07, 6.45) is 3.02. The van der Waals surface area contributed by atoms with Gasteiger partial charge >= 0.3 is 0 Å². The number of para-hydroxylation sites is 1. The molecule has 0 radical (unpaired) electrons. The molecule has 1 aromatic carbocycles. The Balaban J connectivity index is 2.91. The van der Waals surface area contributed by atoms with Gasteiger partial charge in [0, 0.05) is 12.4 Å². The summed E-state index contributed by atoms with van der Waals surface area (Å²) in [4.78, 5) is 7.78. The fourth-order valence-electron chi connectivity index (χ4n) is 0.957. The largest absolute Gasteiger partial charge is 0.253 e. The maximum Gasteiger partial charge on any atom is 0.151 e. The number of benzene rings is 1. The Hall–Kier alpha value is -1.51. The average molecular weight is 148 g/mol. The number of hydrogen-bond donors (Lipinski definition) is 0. The standard InChI is InChI=1S/C8H5FN2/c9-6-2-1-3-7-8(6)11-5-4-10-7/h1-5H. The Kier molecular flexibility index (Phi) is 1.28. The smallest absolute Gasteiger partial charge is 0.151 e. The van der Waals surface area contributed by atoms with Crippen molar-refractivity contribution >= 4 is 11.0 Å². The van der Waals surface area contributed by atoms with Crippen molar-refractivity contribution in [3.8, 4) is 0 Å². The van der Waals surface area contributed by atoms with Gasteiger partial charge in [-0.1, -0.05) is 6.07 Å². The Labute approximate surface area is 62.7 Å². The van der Waals surface area contributed by atoms with Crippen LogP contribution in [0.4, 0.5) is 4.39 Å². The molecular weight excluding hydrogens is 143 g/mol. The number of rotatable bonds is 0. The van der Waals surface area contributed by atoms with Crippen LogP contribution in [-0.2, 0) is 0 Å². The molecule has 2 aromatic rings. The maximum atomic E-state index is 12.9. The summed E-state index contributed by atoms with van der Waals surface area (Å²) in [7, 11) is 0. The molecule has 11 heavy (non-hydrogen) atoms. The third-order valence-electron chi connectivity index (χ3n) is 1.45. The van der Waals surface area contributed by atoms with Crippen LogP contribution >= 0.6 is 0 Å². The van der Waals surface area contributed by atoms with E-state index in [9.17, 15) is 4.39 Å². The lowest BCUT2D eigenvalue weighted by atomic mass is 10.3. The fourth-order valence-corrected chi connectivity index (χ4v) is 0.957. The first-order chi connectivity index (χ1) is 5.38. The van der Waals surface area contributed by atoms with E-state index >= 15 is 0 Å². The molecule has 3 heteroatoms. The lowest BCUT2D eigenvalue weighted by Gasteiger charge is -1.94. The molecule has 0 aliphatic rings. The summed E-state index contributed by atoms with van der Waals surface area (Å²) in [5, 5.41) is 0. The van der Waals surface area contributed by atoms with Crippen molar-refractivity contribution in [2.75, 3.05) is 0 Å². The van der Waals surface area contributed by atoms with Gasteiger partial charge in [0.15, 0.2) is 5.82 Å². The zero-order valence-electron chi connectivity index (χ0n) is 5.66. The van der Waals surface area contributed by atoms with Crippen molar-refractivity contribution in [3.63, 3.8) is 0 Å². The van der Waals surface area contributed by atoms with Gasteiger partial charge in [-0.05, 0) is 12.1 Å². The molecule has 0 N–H and O–H groups in total. The zero-order valence-corrected chi connectivity index (χ0v) is 5.66. The van der Waals surface area contributed by atoms with Gasteiger partial charge in [-0.3, -0.25) is 4.98 Å². The molecule has 1 heterocycles. The van der Waals surface area contributed by atoms with Crippen LogP contribution in [0.15, 0.2) is 30.6 Å². The third-order valence-corrected chi connectivity index (χ3v) is 1.45. The van der Waals surface area contributed by atoms with Gasteiger partial charge in [-0.25, -0.2) is 9.37 Å². The number of nitrogens with zero attached hydrogens (tertiary/aromatic N) is 2. The maximum absolute atomic E-state index is 12.9. The molecule has 0 atom stereocenters. The average Bonchev–Trinajstić information content (AvgIpc) is 2.06. The van der Waals surface area contributed by atoms with E-state index in [1.165, 1.54) is 12.3 Å². The molecule has 54 valence electrons. The number of hydrogen-bond acceptors (Lipinski definition) is 2. The topological polar surface area (TPSA) is 25.8 Å². The highest BCUT2D eigenvalue weighted by Gasteiger charge is 1.98. The van der Waals surface area contributed by atoms with Crippen LogP contribution < -0.4 is 0 Å². The highest BCUT2D eigenvalue weighted by molar-refractivity contribution is 5.73. The van der Waals surface area contributed by atoms with Gasteiger partial charge < -0.3 is 0 Å². The van der Waals surface area contributed by atoms with Crippen molar-refractivity contribution in [2.45, 2.75) is 0 Å². The third kappa shape index (κ3) is 0.941. The summed E-state index contributed by atoms with van der Waals surface area (Å²) < 4.78 is 12.9. The number of fused-ring (bicyclic) bond motifs is 1. The van der Waals surface area contributed by atoms with Crippen molar-refractivity contribution in [2.24, 2.45) is 0 Å². The van der Waals surface area contributed by atoms with E-state index in [0.29, 0.717) is 11.0 Å². The van der Waals surface area contributed by atoms with E-state index in [2.05, 4.69) is 9.97 Å². The fraction of sp³-hybridized carbons (Fsp3) is 0. The minimum Gasteiger partial charge on any atom is -0.253 e. The van der Waals surface area contributed by atoms with Crippen LogP contribution in [-0.4, -0.2) is 9.97 Å². The number of halogens is 1. The highest BCUT2D eigenvalue weighted by atomic mass is 19.1. The van der Waals surface area contributed by atoms with Gasteiger partial charge in [-0.2, -0.15) is 0 Å². The monoisotopic (exact) mass is 148 g/mol. The van der Waals surface area contributed by atoms with Crippen molar-refractivity contribution in [1.82, 2.24) is 9.97 Å². The van der Waals surface area contributed by atoms with Crippen LogP contribution in [0.3, 0.4) is 0 Å². The van der Waals surface area contributed by atoms with E-state index < -0.39 is 0 Å². The Bertz CT molecular complexity index is 381. The van der Waals surface area contributed by atoms with E-state index in [1.54, 1.807) is 18.3 Å². The SMILES string of the molecule is Fc1cccc2nccnc12. The van der Waals surface area contributed by atoms with Gasteiger partial charge in [0.1, 0.15) is 5.52 Å². The van der Waals surface area contributed by atoms with Gasteiger partial charge in [0.05, 0.1) is 5.52 Å². The first kappa shape index (κ1) is 6.22. The molecule has 0 spiro atoms. The predicted molar refractivity (Wildman–Crippen MR) is 39.5 cm³/mol. The zero-order chi connectivity index (χ0) is 7.68. The molecule has 1 aromatic heterocycles. The molecule has 0 bridgehead atoms. The minimum atomic E-state index is -0.324. The summed E-state index contributed by atoms with van der Waals surface area (Å²) in [5.41, 5.74) is 0.919. The molecule has 0 fully saturated rings. The summed E-state index contributed by atoms with van der Waals surface area (Å²) in [5.74, 6) is -0.324. The normalized spacial score (nSPS) is 10.3. The second-order valence-corrected chi connectivity index (χ2v) is 2.16. The first-order valence-electron chi connectivity index (χ1n) is 3.23. The summed E-state index contributed by atoms with van der Waals surface area (Å²) >= 11 is 0. The minimum absolute atomic E-state index is 0.324. The van der Waals surface area contributed by atoms with Crippen LogP contribution in [0.25, 0.3) is 11.0 Å². The van der Waals surface area contributed by atoms with Crippen LogP contribution in [0.5, 0.6) is 0 Å². The lowest BCUT2D eigenvalue weighted by Crippen LogP contribution is -1.84. The Morgan fingerprint density at radius 2 is 1.91 bits per heavy atom. The van der Waals surface area contributed by atoms with Crippen molar-refractivity contribution in [1.29, 1.82) is 0 Å². The molecule has 2 nitrogen and oxygen atoms in total. The lowest BCUT2D eigenvalue weighted by molar-refractivity contribution is 0.636. The van der Waals surface area contributed by atoms with Crippen LogP contribution in [0.2, 0.25) is 0 Å².